The van der Waals surface area contributed by atoms with Crippen molar-refractivity contribution in [2.24, 2.45) is 0 Å². The molecule has 0 atom stereocenters. The fourth-order valence-corrected chi connectivity index (χ4v) is 1.74. The monoisotopic (exact) mass is 296 g/mol. The highest BCUT2D eigenvalue weighted by molar-refractivity contribution is 5.45. The summed E-state index contributed by atoms with van der Waals surface area (Å²) in [5, 5.41) is 9.61. The molecule has 0 aliphatic rings. The molecular formula is C14H15F3N4. The van der Waals surface area contributed by atoms with E-state index in [0.29, 0.717) is 18.9 Å². The summed E-state index contributed by atoms with van der Waals surface area (Å²) in [7, 11) is 1.94. The molecule has 21 heavy (non-hydrogen) atoms. The Kier molecular flexibility index (Phi) is 4.62. The summed E-state index contributed by atoms with van der Waals surface area (Å²) in [6.45, 7) is 1.23. The summed E-state index contributed by atoms with van der Waals surface area (Å²) >= 11 is 0. The average molecular weight is 296 g/mol. The van der Waals surface area contributed by atoms with Crippen LogP contribution in [0.2, 0.25) is 0 Å². The second-order valence-electron chi connectivity index (χ2n) is 4.49. The van der Waals surface area contributed by atoms with Crippen molar-refractivity contribution in [3.63, 3.8) is 0 Å². The van der Waals surface area contributed by atoms with E-state index < -0.39 is 11.9 Å². The van der Waals surface area contributed by atoms with E-state index in [9.17, 15) is 13.2 Å². The van der Waals surface area contributed by atoms with Gasteiger partial charge in [-0.2, -0.15) is 13.2 Å². The molecule has 2 rings (SSSR count). The number of halogens is 3. The molecule has 0 saturated heterocycles. The first-order valence-electron chi connectivity index (χ1n) is 6.38. The third kappa shape index (κ3) is 4.34. The SMILES string of the molecule is CN(CCNc1ccc(C(F)(F)F)nn1)c1ccccc1. The van der Waals surface area contributed by atoms with Gasteiger partial charge in [-0.3, -0.25) is 0 Å². The maximum atomic E-state index is 12.3. The summed E-state index contributed by atoms with van der Waals surface area (Å²) in [5.41, 5.74) is 0.0762. The molecule has 0 bridgehead atoms. The summed E-state index contributed by atoms with van der Waals surface area (Å²) in [6, 6.07) is 12.0. The molecule has 4 nitrogen and oxygen atoms in total. The van der Waals surface area contributed by atoms with Gasteiger partial charge in [-0.05, 0) is 24.3 Å². The van der Waals surface area contributed by atoms with E-state index in [0.717, 1.165) is 11.8 Å². The minimum absolute atomic E-state index is 0.324. The van der Waals surface area contributed by atoms with E-state index in [1.165, 1.54) is 6.07 Å². The van der Waals surface area contributed by atoms with Gasteiger partial charge in [0.2, 0.25) is 0 Å². The van der Waals surface area contributed by atoms with Crippen molar-refractivity contribution in [1.82, 2.24) is 10.2 Å². The number of benzene rings is 1. The zero-order valence-electron chi connectivity index (χ0n) is 11.4. The van der Waals surface area contributed by atoms with Crippen LogP contribution in [0.1, 0.15) is 5.69 Å². The Morgan fingerprint density at radius 2 is 1.76 bits per heavy atom. The van der Waals surface area contributed by atoms with Crippen LogP contribution in [0, 0.1) is 0 Å². The van der Waals surface area contributed by atoms with Gasteiger partial charge in [0.05, 0.1) is 0 Å². The molecule has 0 spiro atoms. The van der Waals surface area contributed by atoms with Crippen LogP contribution < -0.4 is 10.2 Å². The Labute approximate surface area is 120 Å². The fourth-order valence-electron chi connectivity index (χ4n) is 1.74. The molecule has 0 fully saturated rings. The van der Waals surface area contributed by atoms with Gasteiger partial charge in [0.15, 0.2) is 5.69 Å². The molecule has 0 aliphatic carbocycles. The van der Waals surface area contributed by atoms with Crippen molar-refractivity contribution in [1.29, 1.82) is 0 Å². The molecule has 1 heterocycles. The van der Waals surface area contributed by atoms with E-state index in [1.807, 2.05) is 42.3 Å². The molecule has 0 aliphatic heterocycles. The second-order valence-corrected chi connectivity index (χ2v) is 4.49. The topological polar surface area (TPSA) is 41.0 Å². The van der Waals surface area contributed by atoms with Crippen LogP contribution in [0.25, 0.3) is 0 Å². The first-order chi connectivity index (χ1) is 9.97. The quantitative estimate of drug-likeness (QED) is 0.920. The Hall–Kier alpha value is -2.31. The van der Waals surface area contributed by atoms with Crippen molar-refractivity contribution < 1.29 is 13.2 Å². The van der Waals surface area contributed by atoms with Crippen LogP contribution in [-0.2, 0) is 6.18 Å². The second kappa shape index (κ2) is 6.43. The van der Waals surface area contributed by atoms with E-state index >= 15 is 0 Å². The van der Waals surface area contributed by atoms with Crippen LogP contribution in [0.3, 0.4) is 0 Å². The fraction of sp³-hybridized carbons (Fsp3) is 0.286. The Bertz CT molecular complexity index is 555. The van der Waals surface area contributed by atoms with Crippen molar-refractivity contribution in [3.05, 3.63) is 48.2 Å². The van der Waals surface area contributed by atoms with Gasteiger partial charge in [-0.15, -0.1) is 10.2 Å². The van der Waals surface area contributed by atoms with Crippen LogP contribution in [0.4, 0.5) is 24.7 Å². The average Bonchev–Trinajstić information content (AvgIpc) is 2.47. The van der Waals surface area contributed by atoms with Crippen molar-refractivity contribution in [3.8, 4) is 0 Å². The lowest BCUT2D eigenvalue weighted by Crippen LogP contribution is -2.25. The van der Waals surface area contributed by atoms with E-state index in [-0.39, 0.29) is 0 Å². The molecule has 1 N–H and O–H groups in total. The number of anilines is 2. The van der Waals surface area contributed by atoms with E-state index in [1.54, 1.807) is 0 Å². The molecule has 7 heteroatoms. The van der Waals surface area contributed by atoms with Gasteiger partial charge in [0.1, 0.15) is 5.82 Å². The van der Waals surface area contributed by atoms with Crippen LogP contribution >= 0.6 is 0 Å². The van der Waals surface area contributed by atoms with Crippen molar-refractivity contribution in [2.75, 3.05) is 30.4 Å². The Morgan fingerprint density at radius 1 is 1.05 bits per heavy atom. The van der Waals surface area contributed by atoms with Crippen LogP contribution in [-0.4, -0.2) is 30.3 Å². The number of hydrogen-bond donors (Lipinski definition) is 1. The maximum absolute atomic E-state index is 12.3. The number of para-hydroxylation sites is 1. The number of hydrogen-bond acceptors (Lipinski definition) is 4. The standard InChI is InChI=1S/C14H15F3N4/c1-21(11-5-3-2-4-6-11)10-9-18-13-8-7-12(19-20-13)14(15,16)17/h2-8H,9-10H2,1H3,(H,18,20). The normalized spacial score (nSPS) is 11.2. The molecule has 0 saturated carbocycles. The molecule has 1 aromatic heterocycles. The third-order valence-electron chi connectivity index (χ3n) is 2.91. The maximum Gasteiger partial charge on any atom is 0.435 e. The molecule has 0 amide bonds. The first kappa shape index (κ1) is 15.1. The molecule has 0 unspecified atom stereocenters. The Morgan fingerprint density at radius 3 is 2.33 bits per heavy atom. The summed E-state index contributed by atoms with van der Waals surface area (Å²) < 4.78 is 37.0. The molecular weight excluding hydrogens is 281 g/mol. The number of alkyl halides is 3. The highest BCUT2D eigenvalue weighted by Gasteiger charge is 2.32. The largest absolute Gasteiger partial charge is 0.435 e. The lowest BCUT2D eigenvalue weighted by atomic mass is 10.3. The summed E-state index contributed by atoms with van der Waals surface area (Å²) in [6.07, 6.45) is -4.46. The number of aromatic nitrogens is 2. The first-order valence-corrected chi connectivity index (χ1v) is 6.38. The zero-order valence-corrected chi connectivity index (χ0v) is 11.4. The minimum Gasteiger partial charge on any atom is -0.373 e. The lowest BCUT2D eigenvalue weighted by molar-refractivity contribution is -0.141. The highest BCUT2D eigenvalue weighted by atomic mass is 19.4. The number of nitrogens with zero attached hydrogens (tertiary/aromatic N) is 3. The predicted molar refractivity (Wildman–Crippen MR) is 75.2 cm³/mol. The lowest BCUT2D eigenvalue weighted by Gasteiger charge is -2.19. The molecule has 112 valence electrons. The van der Waals surface area contributed by atoms with Gasteiger partial charge in [-0.1, -0.05) is 18.2 Å². The van der Waals surface area contributed by atoms with Crippen molar-refractivity contribution >= 4 is 11.5 Å². The predicted octanol–water partition coefficient (Wildman–Crippen LogP) is 3.04. The van der Waals surface area contributed by atoms with Gasteiger partial charge < -0.3 is 10.2 Å². The van der Waals surface area contributed by atoms with Gasteiger partial charge in [0, 0.05) is 25.8 Å². The minimum atomic E-state index is -4.46. The van der Waals surface area contributed by atoms with Crippen LogP contribution in [0.5, 0.6) is 0 Å². The number of rotatable bonds is 5. The Balaban J connectivity index is 1.84. The van der Waals surface area contributed by atoms with Crippen LogP contribution in [0.15, 0.2) is 42.5 Å². The van der Waals surface area contributed by atoms with Gasteiger partial charge in [-0.25, -0.2) is 0 Å². The number of nitrogens with one attached hydrogen (secondary N) is 1. The zero-order chi connectivity index (χ0) is 15.3. The molecule has 1 aromatic carbocycles. The van der Waals surface area contributed by atoms with Crippen molar-refractivity contribution in [2.45, 2.75) is 6.18 Å². The molecule has 2 aromatic rings. The summed E-state index contributed by atoms with van der Waals surface area (Å²) in [5.74, 6) is 0.324. The van der Waals surface area contributed by atoms with E-state index in [2.05, 4.69) is 15.5 Å². The highest BCUT2D eigenvalue weighted by Crippen LogP contribution is 2.26. The van der Waals surface area contributed by atoms with Gasteiger partial charge in [0.25, 0.3) is 0 Å². The third-order valence-corrected chi connectivity index (χ3v) is 2.91. The van der Waals surface area contributed by atoms with E-state index in [4.69, 9.17) is 0 Å². The number of likely N-dealkylation sites (N-methyl/N-ethyl adjacent to an activating group) is 1. The van der Waals surface area contributed by atoms with Gasteiger partial charge >= 0.3 is 6.18 Å². The smallest absolute Gasteiger partial charge is 0.373 e. The summed E-state index contributed by atoms with van der Waals surface area (Å²) in [4.78, 5) is 2.03. The molecule has 0 radical (unpaired) electrons.